The Morgan fingerprint density at radius 2 is 2.04 bits per heavy atom. The number of aromatic nitrogens is 3. The molecule has 7 nitrogen and oxygen atoms in total. The molecule has 134 valence electrons. The predicted octanol–water partition coefficient (Wildman–Crippen LogP) is 1.68. The number of carbonyl (C=O) groups is 1. The van der Waals surface area contributed by atoms with Crippen LogP contribution in [0, 0.1) is 0 Å². The minimum absolute atomic E-state index is 0.0195. The summed E-state index contributed by atoms with van der Waals surface area (Å²) in [5, 5.41) is 10.2. The van der Waals surface area contributed by atoms with E-state index in [0.29, 0.717) is 17.7 Å². The van der Waals surface area contributed by atoms with Crippen LogP contribution in [-0.2, 0) is 16.1 Å². The molecule has 0 bridgehead atoms. The van der Waals surface area contributed by atoms with Crippen molar-refractivity contribution in [2.24, 2.45) is 0 Å². The van der Waals surface area contributed by atoms with Crippen LogP contribution in [0.25, 0.3) is 0 Å². The van der Waals surface area contributed by atoms with Gasteiger partial charge in [-0.3, -0.25) is 9.36 Å². The Morgan fingerprint density at radius 1 is 1.25 bits per heavy atom. The lowest BCUT2D eigenvalue weighted by Gasteiger charge is -2.16. The predicted molar refractivity (Wildman–Crippen MR) is 92.2 cm³/mol. The molecule has 1 aromatic heterocycles. The van der Waals surface area contributed by atoms with Crippen molar-refractivity contribution in [3.8, 4) is 0 Å². The van der Waals surface area contributed by atoms with Crippen molar-refractivity contribution in [1.29, 1.82) is 0 Å². The third kappa shape index (κ3) is 4.86. The summed E-state index contributed by atoms with van der Waals surface area (Å²) in [5.41, 5.74) is -0.239. The Bertz CT molecular complexity index is 586. The van der Waals surface area contributed by atoms with E-state index in [1.807, 2.05) is 0 Å². The molecule has 24 heavy (non-hydrogen) atoms. The molecule has 0 unspecified atom stereocenters. The van der Waals surface area contributed by atoms with Gasteiger partial charge in [-0.15, -0.1) is 5.10 Å². The molecule has 3 rings (SSSR count). The zero-order valence-electron chi connectivity index (χ0n) is 14.0. The number of thioether (sulfide) groups is 1. The van der Waals surface area contributed by atoms with Gasteiger partial charge >= 0.3 is 5.69 Å². The average Bonchev–Trinajstić information content (AvgIpc) is 3.12. The fraction of sp³-hybridized carbons (Fsp3) is 0.812. The Kier molecular flexibility index (Phi) is 6.37. The van der Waals surface area contributed by atoms with E-state index in [-0.39, 0.29) is 23.5 Å². The molecule has 0 spiro atoms. The summed E-state index contributed by atoms with van der Waals surface area (Å²) in [4.78, 5) is 24.1. The molecule has 1 atom stereocenters. The van der Waals surface area contributed by atoms with Gasteiger partial charge in [0.2, 0.25) is 5.91 Å². The van der Waals surface area contributed by atoms with Gasteiger partial charge in [-0.05, 0) is 25.7 Å². The monoisotopic (exact) mass is 354 g/mol. The van der Waals surface area contributed by atoms with Crippen molar-refractivity contribution in [2.75, 3.05) is 12.4 Å². The van der Waals surface area contributed by atoms with Gasteiger partial charge in [-0.1, -0.05) is 37.4 Å². The van der Waals surface area contributed by atoms with E-state index in [0.717, 1.165) is 32.3 Å². The first-order valence-corrected chi connectivity index (χ1v) is 9.90. The Hall–Kier alpha value is -1.28. The summed E-state index contributed by atoms with van der Waals surface area (Å²) in [5.74, 6) is 0.304. The number of carbonyl (C=O) groups excluding carboxylic acids is 1. The van der Waals surface area contributed by atoms with E-state index in [1.165, 1.54) is 37.4 Å². The second kappa shape index (κ2) is 8.71. The number of amides is 1. The van der Waals surface area contributed by atoms with Gasteiger partial charge in [0.05, 0.1) is 18.4 Å². The topological polar surface area (TPSA) is 89.0 Å². The summed E-state index contributed by atoms with van der Waals surface area (Å²) in [6, 6.07) is 0.300. The molecule has 2 heterocycles. The van der Waals surface area contributed by atoms with Crippen LogP contribution in [-0.4, -0.2) is 45.2 Å². The van der Waals surface area contributed by atoms with Gasteiger partial charge in [-0.2, -0.15) is 0 Å². The maximum Gasteiger partial charge on any atom is 0.344 e. The van der Waals surface area contributed by atoms with E-state index < -0.39 is 0 Å². The van der Waals surface area contributed by atoms with Crippen LogP contribution in [0.4, 0.5) is 0 Å². The molecule has 1 saturated carbocycles. The molecule has 0 aromatic carbocycles. The minimum atomic E-state index is -0.239. The summed E-state index contributed by atoms with van der Waals surface area (Å²) in [6.45, 7) is 1.26. The van der Waals surface area contributed by atoms with Crippen LogP contribution >= 0.6 is 11.8 Å². The summed E-state index contributed by atoms with van der Waals surface area (Å²) in [7, 11) is 0. The molecule has 0 radical (unpaired) electrons. The molecule has 1 aliphatic carbocycles. The summed E-state index contributed by atoms with van der Waals surface area (Å²) in [6.07, 6.45) is 9.13. The largest absolute Gasteiger partial charge is 0.376 e. The van der Waals surface area contributed by atoms with Crippen LogP contribution in [0.2, 0.25) is 0 Å². The van der Waals surface area contributed by atoms with E-state index in [1.54, 1.807) is 4.57 Å². The number of rotatable bonds is 6. The van der Waals surface area contributed by atoms with Gasteiger partial charge in [0.15, 0.2) is 5.16 Å². The molecule has 8 heteroatoms. The van der Waals surface area contributed by atoms with Crippen LogP contribution in [0.1, 0.15) is 51.4 Å². The zero-order chi connectivity index (χ0) is 16.8. The second-order valence-corrected chi connectivity index (χ2v) is 7.54. The highest BCUT2D eigenvalue weighted by atomic mass is 32.2. The summed E-state index contributed by atoms with van der Waals surface area (Å²) >= 11 is 1.31. The number of aromatic amines is 1. The number of H-pyrrole nitrogens is 1. The molecule has 1 aliphatic heterocycles. The van der Waals surface area contributed by atoms with Crippen LogP contribution < -0.4 is 11.0 Å². The van der Waals surface area contributed by atoms with E-state index in [9.17, 15) is 9.59 Å². The fourth-order valence-corrected chi connectivity index (χ4v) is 4.16. The van der Waals surface area contributed by atoms with Crippen molar-refractivity contribution in [2.45, 2.75) is 75.2 Å². The van der Waals surface area contributed by atoms with Gasteiger partial charge in [0, 0.05) is 12.6 Å². The lowest BCUT2D eigenvalue weighted by Crippen LogP contribution is -2.35. The van der Waals surface area contributed by atoms with Crippen LogP contribution in [0.15, 0.2) is 9.95 Å². The van der Waals surface area contributed by atoms with Crippen LogP contribution in [0.5, 0.6) is 0 Å². The quantitative estimate of drug-likeness (QED) is 0.599. The highest BCUT2D eigenvalue weighted by Crippen LogP contribution is 2.19. The Labute approximate surface area is 145 Å². The molecule has 2 fully saturated rings. The third-order valence-electron chi connectivity index (χ3n) is 4.69. The van der Waals surface area contributed by atoms with Crippen molar-refractivity contribution < 1.29 is 9.53 Å². The highest BCUT2D eigenvalue weighted by Gasteiger charge is 2.20. The van der Waals surface area contributed by atoms with E-state index in [4.69, 9.17) is 4.74 Å². The average molecular weight is 354 g/mol. The van der Waals surface area contributed by atoms with Gasteiger partial charge < -0.3 is 10.1 Å². The molecule has 1 amide bonds. The van der Waals surface area contributed by atoms with Crippen molar-refractivity contribution in [3.63, 3.8) is 0 Å². The number of nitrogens with one attached hydrogen (secondary N) is 2. The molecular formula is C16H26N4O3S. The fourth-order valence-electron chi connectivity index (χ4n) is 3.39. The maximum absolute atomic E-state index is 12.2. The normalized spacial score (nSPS) is 22.4. The smallest absolute Gasteiger partial charge is 0.344 e. The Balaban J connectivity index is 1.50. The lowest BCUT2D eigenvalue weighted by atomic mass is 10.1. The number of hydrogen-bond donors (Lipinski definition) is 2. The first-order chi connectivity index (χ1) is 11.7. The van der Waals surface area contributed by atoms with Gasteiger partial charge in [0.1, 0.15) is 0 Å². The molecule has 2 aliphatic rings. The Morgan fingerprint density at radius 3 is 2.75 bits per heavy atom. The first-order valence-electron chi connectivity index (χ1n) is 8.91. The van der Waals surface area contributed by atoms with Crippen molar-refractivity contribution in [3.05, 3.63) is 10.5 Å². The SMILES string of the molecule is O=C(CSc1n[nH]c(=O)n1C[C@H]1CCCO1)NC1CCCCCC1. The van der Waals surface area contributed by atoms with Crippen LogP contribution in [0.3, 0.4) is 0 Å². The minimum Gasteiger partial charge on any atom is -0.376 e. The number of nitrogens with zero attached hydrogens (tertiary/aromatic N) is 2. The van der Waals surface area contributed by atoms with Gasteiger partial charge in [0.25, 0.3) is 0 Å². The molecule has 1 aromatic rings. The van der Waals surface area contributed by atoms with Gasteiger partial charge in [-0.25, -0.2) is 9.89 Å². The highest BCUT2D eigenvalue weighted by molar-refractivity contribution is 7.99. The standard InChI is InChI=1S/C16H26N4O3S/c21-14(17-12-6-3-1-2-4-7-12)11-24-16-19-18-15(22)20(16)10-13-8-5-9-23-13/h12-13H,1-11H2,(H,17,21)(H,18,22)/t13-/m1/s1. The maximum atomic E-state index is 12.2. The zero-order valence-corrected chi connectivity index (χ0v) is 14.8. The number of ether oxygens (including phenoxy) is 1. The third-order valence-corrected chi connectivity index (χ3v) is 5.66. The number of hydrogen-bond acceptors (Lipinski definition) is 5. The van der Waals surface area contributed by atoms with Crippen molar-refractivity contribution in [1.82, 2.24) is 20.1 Å². The second-order valence-electron chi connectivity index (χ2n) is 6.60. The van der Waals surface area contributed by atoms with Crippen molar-refractivity contribution >= 4 is 17.7 Å². The molecule has 1 saturated heterocycles. The van der Waals surface area contributed by atoms with E-state index >= 15 is 0 Å². The van der Waals surface area contributed by atoms with E-state index in [2.05, 4.69) is 15.5 Å². The summed E-state index contributed by atoms with van der Waals surface area (Å²) < 4.78 is 7.17. The first kappa shape index (κ1) is 17.5. The lowest BCUT2D eigenvalue weighted by molar-refractivity contribution is -0.119. The molecule has 2 N–H and O–H groups in total. The molecular weight excluding hydrogens is 328 g/mol.